The minimum absolute atomic E-state index is 0.300. The fourth-order valence-electron chi connectivity index (χ4n) is 2.63. The van der Waals surface area contributed by atoms with Gasteiger partial charge in [0, 0.05) is 11.6 Å². The van der Waals surface area contributed by atoms with Gasteiger partial charge in [0.25, 0.3) is 0 Å². The Morgan fingerprint density at radius 2 is 1.74 bits per heavy atom. The van der Waals surface area contributed by atoms with Crippen molar-refractivity contribution < 1.29 is 13.9 Å². The summed E-state index contributed by atoms with van der Waals surface area (Å²) in [5.74, 6) is -0.194. The Labute approximate surface area is 167 Å². The highest BCUT2D eigenvalue weighted by Crippen LogP contribution is 2.37. The van der Waals surface area contributed by atoms with Crippen molar-refractivity contribution in [2.75, 3.05) is 0 Å². The van der Waals surface area contributed by atoms with Crippen LogP contribution in [0.2, 0.25) is 10.0 Å². The van der Waals surface area contributed by atoms with Crippen LogP contribution >= 0.6 is 34.5 Å². The van der Waals surface area contributed by atoms with Gasteiger partial charge in [-0.3, -0.25) is 0 Å². The summed E-state index contributed by atoms with van der Waals surface area (Å²) in [4.78, 5) is 23.7. The second kappa shape index (κ2) is 7.19. The Balaban J connectivity index is 1.82. The summed E-state index contributed by atoms with van der Waals surface area (Å²) >= 11 is 13.0. The predicted octanol–water partition coefficient (Wildman–Crippen LogP) is 6.05. The summed E-state index contributed by atoms with van der Waals surface area (Å²) in [5.41, 5.74) is 2.10. The van der Waals surface area contributed by atoms with Gasteiger partial charge in [0.1, 0.15) is 5.75 Å². The van der Waals surface area contributed by atoms with Crippen LogP contribution in [0.15, 0.2) is 69.9 Å². The fraction of sp³-hybridized carbons (Fsp3) is 0. The molecular weight excluding hydrogens is 407 g/mol. The van der Waals surface area contributed by atoms with Crippen molar-refractivity contribution in [3.05, 3.63) is 86.0 Å². The van der Waals surface area contributed by atoms with Crippen LogP contribution in [-0.2, 0) is 0 Å². The molecule has 0 radical (unpaired) electrons. The minimum atomic E-state index is -0.495. The lowest BCUT2D eigenvalue weighted by atomic mass is 10.0. The van der Waals surface area contributed by atoms with Crippen molar-refractivity contribution in [2.45, 2.75) is 0 Å². The van der Waals surface area contributed by atoms with Gasteiger partial charge in [-0.25, -0.2) is 9.59 Å². The number of benzene rings is 3. The van der Waals surface area contributed by atoms with E-state index in [1.807, 2.05) is 6.07 Å². The van der Waals surface area contributed by atoms with Gasteiger partial charge in [0.15, 0.2) is 5.58 Å². The number of rotatable bonds is 3. The van der Waals surface area contributed by atoms with Gasteiger partial charge < -0.3 is 9.15 Å². The number of hydrogen-bond acceptors (Lipinski definition) is 5. The first-order chi connectivity index (χ1) is 13.0. The van der Waals surface area contributed by atoms with Crippen molar-refractivity contribution in [1.82, 2.24) is 0 Å². The van der Waals surface area contributed by atoms with Gasteiger partial charge in [0.05, 0.1) is 20.3 Å². The normalized spacial score (nSPS) is 10.9. The molecule has 0 aliphatic carbocycles. The molecule has 0 unspecified atom stereocenters. The van der Waals surface area contributed by atoms with Crippen LogP contribution in [-0.4, -0.2) is 5.97 Å². The highest BCUT2D eigenvalue weighted by atomic mass is 35.5. The average molecular weight is 417 g/mol. The first-order valence-electron chi connectivity index (χ1n) is 7.81. The van der Waals surface area contributed by atoms with E-state index in [9.17, 15) is 9.59 Å². The molecule has 4 rings (SSSR count). The zero-order chi connectivity index (χ0) is 19.0. The van der Waals surface area contributed by atoms with Crippen LogP contribution in [0.25, 0.3) is 21.4 Å². The van der Waals surface area contributed by atoms with Gasteiger partial charge in [-0.15, -0.1) is 0 Å². The third-order valence-electron chi connectivity index (χ3n) is 3.86. The molecule has 0 atom stereocenters. The molecule has 3 aromatic carbocycles. The summed E-state index contributed by atoms with van der Waals surface area (Å²) in [6, 6.07) is 17.0. The van der Waals surface area contributed by atoms with Crippen molar-refractivity contribution in [3.8, 4) is 16.9 Å². The summed E-state index contributed by atoms with van der Waals surface area (Å²) in [6.45, 7) is 0. The Morgan fingerprint density at radius 1 is 0.963 bits per heavy atom. The van der Waals surface area contributed by atoms with E-state index < -0.39 is 10.9 Å². The second-order valence-corrected chi connectivity index (χ2v) is 7.43. The fourth-order valence-corrected chi connectivity index (χ4v) is 3.65. The number of carbonyl (C=O) groups is 1. The van der Waals surface area contributed by atoms with E-state index in [2.05, 4.69) is 0 Å². The van der Waals surface area contributed by atoms with E-state index in [4.69, 9.17) is 32.4 Å². The highest BCUT2D eigenvalue weighted by molar-refractivity contribution is 7.16. The standard InChI is InChI=1S/C20H10Cl2O4S/c21-15-7-6-12(8-16(15)22)14-9-13(10-17-18(14)26-20(24)27-17)25-19(23)11-4-2-1-3-5-11/h1-10H. The van der Waals surface area contributed by atoms with Gasteiger partial charge in [-0.05, 0) is 35.9 Å². The molecule has 0 aliphatic rings. The topological polar surface area (TPSA) is 56.5 Å². The third kappa shape index (κ3) is 3.62. The molecule has 0 fully saturated rings. The maximum Gasteiger partial charge on any atom is 0.396 e. The molecule has 1 aromatic heterocycles. The molecule has 134 valence electrons. The van der Waals surface area contributed by atoms with Crippen LogP contribution in [0.4, 0.5) is 0 Å². The summed E-state index contributed by atoms with van der Waals surface area (Å²) in [5, 5.41) is 0.779. The molecule has 0 aliphatic heterocycles. The Morgan fingerprint density at radius 3 is 2.48 bits per heavy atom. The van der Waals surface area contributed by atoms with Gasteiger partial charge in [0.2, 0.25) is 0 Å². The van der Waals surface area contributed by atoms with E-state index in [1.165, 1.54) is 0 Å². The molecule has 0 saturated heterocycles. The van der Waals surface area contributed by atoms with E-state index in [-0.39, 0.29) is 0 Å². The van der Waals surface area contributed by atoms with E-state index in [0.29, 0.717) is 42.8 Å². The monoisotopic (exact) mass is 416 g/mol. The van der Waals surface area contributed by atoms with E-state index in [0.717, 1.165) is 11.3 Å². The zero-order valence-electron chi connectivity index (χ0n) is 13.6. The molecule has 27 heavy (non-hydrogen) atoms. The molecule has 7 heteroatoms. The third-order valence-corrected chi connectivity index (χ3v) is 5.37. The Hall–Kier alpha value is -2.60. The molecule has 4 aromatic rings. The molecule has 0 spiro atoms. The van der Waals surface area contributed by atoms with Crippen LogP contribution in [0.5, 0.6) is 5.75 Å². The average Bonchev–Trinajstić information content (AvgIpc) is 3.04. The first kappa shape index (κ1) is 17.8. The number of fused-ring (bicyclic) bond motifs is 1. The smallest absolute Gasteiger partial charge is 0.396 e. The van der Waals surface area contributed by atoms with Gasteiger partial charge in [-0.1, -0.05) is 58.8 Å². The first-order valence-corrected chi connectivity index (χ1v) is 9.39. The van der Waals surface area contributed by atoms with Gasteiger partial charge >= 0.3 is 10.9 Å². The summed E-state index contributed by atoms with van der Waals surface area (Å²) in [7, 11) is 0. The SMILES string of the molecule is O=C(Oc1cc(-c2ccc(Cl)c(Cl)c2)c2oc(=O)sc2c1)c1ccccc1. The number of esters is 1. The molecule has 0 saturated carbocycles. The summed E-state index contributed by atoms with van der Waals surface area (Å²) in [6.07, 6.45) is 0. The maximum absolute atomic E-state index is 12.4. The van der Waals surface area contributed by atoms with E-state index >= 15 is 0 Å². The van der Waals surface area contributed by atoms with E-state index in [1.54, 1.807) is 54.6 Å². The lowest BCUT2D eigenvalue weighted by Gasteiger charge is -2.08. The quantitative estimate of drug-likeness (QED) is 0.301. The van der Waals surface area contributed by atoms with Crippen LogP contribution in [0, 0.1) is 0 Å². The van der Waals surface area contributed by atoms with Crippen molar-refractivity contribution in [1.29, 1.82) is 0 Å². The van der Waals surface area contributed by atoms with Gasteiger partial charge in [-0.2, -0.15) is 0 Å². The largest absolute Gasteiger partial charge is 0.423 e. The Bertz CT molecular complexity index is 1210. The van der Waals surface area contributed by atoms with Crippen LogP contribution in [0.3, 0.4) is 0 Å². The number of ether oxygens (including phenoxy) is 1. The molecule has 0 bridgehead atoms. The molecular formula is C20H10Cl2O4S. The molecule has 0 amide bonds. The lowest BCUT2D eigenvalue weighted by Crippen LogP contribution is -2.08. The lowest BCUT2D eigenvalue weighted by molar-refractivity contribution is 0.0735. The Kier molecular flexibility index (Phi) is 4.74. The molecule has 4 nitrogen and oxygen atoms in total. The maximum atomic E-state index is 12.4. The highest BCUT2D eigenvalue weighted by Gasteiger charge is 2.16. The number of halogens is 2. The van der Waals surface area contributed by atoms with Crippen molar-refractivity contribution in [3.63, 3.8) is 0 Å². The second-order valence-electron chi connectivity index (χ2n) is 5.64. The van der Waals surface area contributed by atoms with Crippen molar-refractivity contribution in [2.24, 2.45) is 0 Å². The minimum Gasteiger partial charge on any atom is -0.423 e. The predicted molar refractivity (Wildman–Crippen MR) is 107 cm³/mol. The molecule has 0 N–H and O–H groups in total. The number of carbonyl (C=O) groups excluding carboxylic acids is 1. The summed E-state index contributed by atoms with van der Waals surface area (Å²) < 4.78 is 11.4. The number of hydrogen-bond donors (Lipinski definition) is 0. The van der Waals surface area contributed by atoms with Crippen molar-refractivity contribution >= 4 is 50.8 Å². The molecule has 1 heterocycles. The zero-order valence-corrected chi connectivity index (χ0v) is 15.9. The van der Waals surface area contributed by atoms with Crippen LogP contribution in [0.1, 0.15) is 10.4 Å². The van der Waals surface area contributed by atoms with Crippen LogP contribution < -0.4 is 9.68 Å².